The summed E-state index contributed by atoms with van der Waals surface area (Å²) in [6, 6.07) is 15.5. The molecule has 0 aliphatic heterocycles. The molecule has 33 heavy (non-hydrogen) atoms. The Hall–Kier alpha value is -2.00. The number of methoxy groups -OCH3 is 1. The predicted molar refractivity (Wildman–Crippen MR) is 132 cm³/mol. The Morgan fingerprint density at radius 1 is 0.879 bits per heavy atom. The van der Waals surface area contributed by atoms with Crippen molar-refractivity contribution in [2.24, 2.45) is 5.14 Å². The van der Waals surface area contributed by atoms with Gasteiger partial charge in [0.15, 0.2) is 11.5 Å². The number of hydrogen-bond acceptors (Lipinski definition) is 5. The summed E-state index contributed by atoms with van der Waals surface area (Å²) >= 11 is 18.5. The molecule has 3 N–H and O–H groups in total. The van der Waals surface area contributed by atoms with E-state index in [0.29, 0.717) is 39.7 Å². The van der Waals surface area contributed by atoms with Crippen LogP contribution in [0.2, 0.25) is 15.1 Å². The second kappa shape index (κ2) is 11.4. The summed E-state index contributed by atoms with van der Waals surface area (Å²) in [5.41, 5.74) is 2.78. The molecule has 0 saturated carbocycles. The number of rotatable bonds is 10. The van der Waals surface area contributed by atoms with Gasteiger partial charge in [0.2, 0.25) is 10.0 Å². The van der Waals surface area contributed by atoms with E-state index >= 15 is 0 Å². The second-order valence-electron chi connectivity index (χ2n) is 7.26. The maximum absolute atomic E-state index is 11.3. The first-order valence-electron chi connectivity index (χ1n) is 9.93. The molecule has 3 aromatic rings. The van der Waals surface area contributed by atoms with Gasteiger partial charge in [-0.2, -0.15) is 0 Å². The Bertz CT molecular complexity index is 1220. The van der Waals surface area contributed by atoms with Gasteiger partial charge in [-0.05, 0) is 66.1 Å². The molecule has 0 fully saturated rings. The van der Waals surface area contributed by atoms with E-state index in [4.69, 9.17) is 49.4 Å². The number of benzene rings is 3. The van der Waals surface area contributed by atoms with Crippen LogP contribution in [0.25, 0.3) is 0 Å². The number of nitrogens with one attached hydrogen (secondary N) is 1. The zero-order valence-corrected chi connectivity index (χ0v) is 20.9. The Kier molecular flexibility index (Phi) is 8.87. The van der Waals surface area contributed by atoms with Crippen molar-refractivity contribution >= 4 is 44.8 Å². The number of primary sulfonamides is 1. The summed E-state index contributed by atoms with van der Waals surface area (Å²) in [6.45, 7) is 1.51. The van der Waals surface area contributed by atoms with E-state index in [1.54, 1.807) is 31.4 Å². The third-order valence-corrected chi connectivity index (χ3v) is 6.78. The van der Waals surface area contributed by atoms with E-state index in [0.717, 1.165) is 23.1 Å². The first-order valence-corrected chi connectivity index (χ1v) is 12.6. The molecule has 0 bridgehead atoms. The SMILES string of the molecule is COc1cc(CNCCc2ccc(S(N)(=O)=O)cc2)cc(Cl)c1OCc1ccc(Cl)c(Cl)c1. The van der Waals surface area contributed by atoms with Gasteiger partial charge in [-0.15, -0.1) is 0 Å². The van der Waals surface area contributed by atoms with Crippen molar-refractivity contribution in [1.29, 1.82) is 0 Å². The van der Waals surface area contributed by atoms with Gasteiger partial charge >= 0.3 is 0 Å². The van der Waals surface area contributed by atoms with Crippen LogP contribution < -0.4 is 19.9 Å². The van der Waals surface area contributed by atoms with Gasteiger partial charge in [-0.1, -0.05) is 53.0 Å². The average molecular weight is 530 g/mol. The van der Waals surface area contributed by atoms with E-state index in [2.05, 4.69) is 5.32 Å². The molecule has 0 saturated heterocycles. The minimum Gasteiger partial charge on any atom is -0.493 e. The lowest BCUT2D eigenvalue weighted by Crippen LogP contribution is -2.17. The summed E-state index contributed by atoms with van der Waals surface area (Å²) < 4.78 is 34.0. The molecule has 6 nitrogen and oxygen atoms in total. The summed E-state index contributed by atoms with van der Waals surface area (Å²) in [7, 11) is -2.12. The minimum atomic E-state index is -3.68. The fourth-order valence-corrected chi connectivity index (χ4v) is 4.24. The van der Waals surface area contributed by atoms with Gasteiger partial charge < -0.3 is 14.8 Å². The molecule has 3 aromatic carbocycles. The molecule has 3 rings (SSSR count). The van der Waals surface area contributed by atoms with Crippen molar-refractivity contribution in [1.82, 2.24) is 5.32 Å². The highest BCUT2D eigenvalue weighted by molar-refractivity contribution is 7.89. The van der Waals surface area contributed by atoms with Crippen LogP contribution in [0.15, 0.2) is 59.5 Å². The molecule has 0 spiro atoms. The Morgan fingerprint density at radius 3 is 2.18 bits per heavy atom. The van der Waals surface area contributed by atoms with Crippen LogP contribution in [-0.2, 0) is 29.6 Å². The first kappa shape index (κ1) is 25.6. The van der Waals surface area contributed by atoms with Gasteiger partial charge in [0.1, 0.15) is 6.61 Å². The third-order valence-electron chi connectivity index (χ3n) is 4.83. The molecular formula is C23H23Cl3N2O4S. The highest BCUT2D eigenvalue weighted by Gasteiger charge is 2.13. The lowest BCUT2D eigenvalue weighted by Gasteiger charge is -2.15. The first-order chi connectivity index (χ1) is 15.7. The highest BCUT2D eigenvalue weighted by Crippen LogP contribution is 2.37. The largest absolute Gasteiger partial charge is 0.493 e. The van der Waals surface area contributed by atoms with E-state index in [1.165, 1.54) is 12.1 Å². The zero-order valence-electron chi connectivity index (χ0n) is 17.8. The fourth-order valence-electron chi connectivity index (χ4n) is 3.11. The normalized spacial score (nSPS) is 11.4. The maximum Gasteiger partial charge on any atom is 0.238 e. The quantitative estimate of drug-likeness (QED) is 0.352. The predicted octanol–water partition coefficient (Wildman–Crippen LogP) is 5.21. The smallest absolute Gasteiger partial charge is 0.238 e. The fraction of sp³-hybridized carbons (Fsp3) is 0.217. The van der Waals surface area contributed by atoms with Crippen molar-refractivity contribution in [3.8, 4) is 11.5 Å². The monoisotopic (exact) mass is 528 g/mol. The summed E-state index contributed by atoms with van der Waals surface area (Å²) in [5.74, 6) is 0.974. The van der Waals surface area contributed by atoms with Gasteiger partial charge in [0.25, 0.3) is 0 Å². The van der Waals surface area contributed by atoms with Crippen molar-refractivity contribution in [2.45, 2.75) is 24.5 Å². The van der Waals surface area contributed by atoms with E-state index in [9.17, 15) is 8.42 Å². The molecule has 0 atom stereocenters. The lowest BCUT2D eigenvalue weighted by molar-refractivity contribution is 0.284. The number of ether oxygens (including phenoxy) is 2. The molecule has 0 aromatic heterocycles. The molecule has 10 heteroatoms. The van der Waals surface area contributed by atoms with Gasteiger partial charge in [0.05, 0.1) is 27.1 Å². The Morgan fingerprint density at radius 2 is 1.55 bits per heavy atom. The molecule has 0 heterocycles. The average Bonchev–Trinajstić information content (AvgIpc) is 2.77. The van der Waals surface area contributed by atoms with Crippen LogP contribution >= 0.6 is 34.8 Å². The van der Waals surface area contributed by atoms with Crippen molar-refractivity contribution < 1.29 is 17.9 Å². The van der Waals surface area contributed by atoms with Crippen LogP contribution in [0.3, 0.4) is 0 Å². The Labute approximate surface area is 208 Å². The number of nitrogens with two attached hydrogens (primary N) is 1. The summed E-state index contributed by atoms with van der Waals surface area (Å²) in [6.07, 6.45) is 0.723. The van der Waals surface area contributed by atoms with Crippen LogP contribution in [-0.4, -0.2) is 22.1 Å². The molecule has 0 unspecified atom stereocenters. The summed E-state index contributed by atoms with van der Waals surface area (Å²) in [4.78, 5) is 0.0995. The summed E-state index contributed by atoms with van der Waals surface area (Å²) in [5, 5.41) is 9.83. The van der Waals surface area contributed by atoms with Crippen LogP contribution in [0.5, 0.6) is 11.5 Å². The highest BCUT2D eigenvalue weighted by atomic mass is 35.5. The molecule has 176 valence electrons. The van der Waals surface area contributed by atoms with Gasteiger partial charge in [0, 0.05) is 6.54 Å². The van der Waals surface area contributed by atoms with Crippen LogP contribution in [0.1, 0.15) is 16.7 Å². The van der Waals surface area contributed by atoms with Crippen LogP contribution in [0, 0.1) is 0 Å². The molecule has 0 aliphatic carbocycles. The number of halogens is 3. The minimum absolute atomic E-state index is 0.0995. The maximum atomic E-state index is 11.3. The molecular weight excluding hydrogens is 507 g/mol. The number of sulfonamides is 1. The second-order valence-corrected chi connectivity index (χ2v) is 10.0. The number of hydrogen-bond donors (Lipinski definition) is 2. The van der Waals surface area contributed by atoms with Gasteiger partial charge in [-0.25, -0.2) is 13.6 Å². The lowest BCUT2D eigenvalue weighted by atomic mass is 10.1. The molecule has 0 aliphatic rings. The van der Waals surface area contributed by atoms with E-state index in [1.807, 2.05) is 18.2 Å². The zero-order chi connectivity index (χ0) is 24.0. The van der Waals surface area contributed by atoms with Crippen molar-refractivity contribution in [3.05, 3.63) is 86.4 Å². The van der Waals surface area contributed by atoms with Crippen molar-refractivity contribution in [3.63, 3.8) is 0 Å². The van der Waals surface area contributed by atoms with E-state index in [-0.39, 0.29) is 11.5 Å². The topological polar surface area (TPSA) is 90.6 Å². The van der Waals surface area contributed by atoms with Crippen LogP contribution in [0.4, 0.5) is 0 Å². The Balaban J connectivity index is 1.57. The van der Waals surface area contributed by atoms with E-state index < -0.39 is 10.0 Å². The standard InChI is InChI=1S/C23H23Cl3N2O4S/c1-31-22-12-17(13-28-9-8-15-2-5-18(6-3-15)33(27,29)30)11-21(26)23(22)32-14-16-4-7-19(24)20(25)10-16/h2-7,10-12,28H,8-9,13-14H2,1H3,(H2,27,29,30). The van der Waals surface area contributed by atoms with Crippen molar-refractivity contribution in [2.75, 3.05) is 13.7 Å². The van der Waals surface area contributed by atoms with Gasteiger partial charge in [-0.3, -0.25) is 0 Å². The molecule has 0 amide bonds. The molecule has 0 radical (unpaired) electrons. The third kappa shape index (κ3) is 7.24.